The van der Waals surface area contributed by atoms with Crippen LogP contribution in [0.25, 0.3) is 0 Å². The summed E-state index contributed by atoms with van der Waals surface area (Å²) in [4.78, 5) is 2.54. The average molecular weight is 319 g/mol. The maximum atomic E-state index is 2.54. The summed E-state index contributed by atoms with van der Waals surface area (Å²) in [7, 11) is 2.20. The summed E-state index contributed by atoms with van der Waals surface area (Å²) in [6.07, 6.45) is 11.4. The summed E-state index contributed by atoms with van der Waals surface area (Å²) in [5, 5.41) is 0. The van der Waals surface area contributed by atoms with Gasteiger partial charge in [-0.15, -0.1) is 0 Å². The fraction of sp³-hybridized carbons (Fsp3) is 0.933. The van der Waals surface area contributed by atoms with E-state index in [2.05, 4.69) is 30.4 Å². The quantitative estimate of drug-likeness (QED) is 0.443. The van der Waals surface area contributed by atoms with E-state index in [0.717, 1.165) is 0 Å². The zero-order chi connectivity index (χ0) is 12.5. The van der Waals surface area contributed by atoms with Crippen LogP contribution in [0.4, 0.5) is 0 Å². The third-order valence-corrected chi connectivity index (χ3v) is 4.00. The van der Waals surface area contributed by atoms with E-state index in [1.807, 2.05) is 0 Å². The normalized spacial score (nSPS) is 15.2. The lowest BCUT2D eigenvalue weighted by Crippen LogP contribution is -3.00. The van der Waals surface area contributed by atoms with E-state index in [1.165, 1.54) is 76.8 Å². The average Bonchev–Trinajstić information content (AvgIpc) is 2.64. The van der Waals surface area contributed by atoms with Crippen molar-refractivity contribution in [3.63, 3.8) is 0 Å². The van der Waals surface area contributed by atoms with Crippen LogP contribution in [0, 0.1) is 0 Å². The van der Waals surface area contributed by atoms with Gasteiger partial charge in [-0.2, -0.15) is 0 Å². The number of likely N-dealkylation sites (N-methyl/N-ethyl adjacent to an activating group) is 1. The molecule has 1 heterocycles. The minimum Gasteiger partial charge on any atom is -1.00 e. The Labute approximate surface area is 124 Å². The molecule has 1 aliphatic heterocycles. The predicted molar refractivity (Wildman–Crippen MR) is 75.9 cm³/mol. The van der Waals surface area contributed by atoms with E-state index in [1.54, 1.807) is 0 Å². The molecule has 0 radical (unpaired) electrons. The highest BCUT2D eigenvalue weighted by molar-refractivity contribution is 5.75. The topological polar surface area (TPSA) is 6.25 Å². The highest BCUT2D eigenvalue weighted by Crippen LogP contribution is 2.09. The predicted octanol–water partition coefficient (Wildman–Crippen LogP) is 0.507. The summed E-state index contributed by atoms with van der Waals surface area (Å²) >= 11 is 0. The Kier molecular flexibility index (Phi) is 10.8. The molecule has 0 fully saturated rings. The second-order valence-electron chi connectivity index (χ2n) is 5.43. The van der Waals surface area contributed by atoms with Crippen LogP contribution in [-0.2, 0) is 0 Å². The van der Waals surface area contributed by atoms with Crippen molar-refractivity contribution in [1.82, 2.24) is 4.90 Å². The van der Waals surface area contributed by atoms with Crippen LogP contribution >= 0.6 is 0 Å². The molecule has 0 N–H and O–H groups in total. The molecule has 0 aliphatic carbocycles. The first-order chi connectivity index (χ1) is 8.25. The van der Waals surface area contributed by atoms with Gasteiger partial charge in [0.25, 0.3) is 0 Å². The maximum Gasteiger partial charge on any atom is 0.243 e. The van der Waals surface area contributed by atoms with Crippen molar-refractivity contribution < 1.29 is 21.6 Å². The van der Waals surface area contributed by atoms with Gasteiger partial charge in [-0.3, -0.25) is 9.48 Å². The number of amidine groups is 1. The third-order valence-electron chi connectivity index (χ3n) is 4.00. The second kappa shape index (κ2) is 10.8. The maximum absolute atomic E-state index is 2.54. The molecular formula is C15H31BrN2. The lowest BCUT2D eigenvalue weighted by molar-refractivity contribution is -0.487. The van der Waals surface area contributed by atoms with Crippen LogP contribution in [0.1, 0.15) is 65.2 Å². The zero-order valence-corrected chi connectivity index (χ0v) is 14.1. The number of halogens is 1. The van der Waals surface area contributed by atoms with Gasteiger partial charge in [0.1, 0.15) is 13.1 Å². The summed E-state index contributed by atoms with van der Waals surface area (Å²) in [5.74, 6) is 1.47. The minimum absolute atomic E-state index is 0. The highest BCUT2D eigenvalue weighted by atomic mass is 79.9. The van der Waals surface area contributed by atoms with Crippen molar-refractivity contribution in [2.45, 2.75) is 65.2 Å². The summed E-state index contributed by atoms with van der Waals surface area (Å²) < 4.78 is 2.37. The molecule has 0 saturated carbocycles. The van der Waals surface area contributed by atoms with E-state index in [-0.39, 0.29) is 17.0 Å². The Morgan fingerprint density at radius 1 is 1.00 bits per heavy atom. The van der Waals surface area contributed by atoms with E-state index in [9.17, 15) is 0 Å². The van der Waals surface area contributed by atoms with Gasteiger partial charge in [-0.05, 0) is 12.8 Å². The van der Waals surface area contributed by atoms with E-state index >= 15 is 0 Å². The Hall–Kier alpha value is -0.0500. The van der Waals surface area contributed by atoms with Gasteiger partial charge in [0.2, 0.25) is 5.84 Å². The molecule has 0 atom stereocenters. The molecule has 1 aliphatic rings. The number of rotatable bonds is 9. The van der Waals surface area contributed by atoms with Gasteiger partial charge in [0, 0.05) is 6.92 Å². The molecule has 0 amide bonds. The minimum atomic E-state index is 0. The van der Waals surface area contributed by atoms with Crippen LogP contribution in [-0.4, -0.2) is 42.0 Å². The first-order valence-corrected chi connectivity index (χ1v) is 7.55. The number of hydrogen-bond donors (Lipinski definition) is 0. The Morgan fingerprint density at radius 3 is 2.06 bits per heavy atom. The van der Waals surface area contributed by atoms with Crippen LogP contribution in [0.2, 0.25) is 0 Å². The van der Waals surface area contributed by atoms with E-state index in [0.29, 0.717) is 0 Å². The molecule has 108 valence electrons. The molecular weight excluding hydrogens is 288 g/mol. The molecule has 0 aromatic rings. The van der Waals surface area contributed by atoms with Gasteiger partial charge in [0.15, 0.2) is 0 Å². The lowest BCUT2D eigenvalue weighted by atomic mass is 10.1. The third kappa shape index (κ3) is 6.77. The highest BCUT2D eigenvalue weighted by Gasteiger charge is 2.22. The Balaban J connectivity index is 0.00000289. The van der Waals surface area contributed by atoms with Crippen molar-refractivity contribution in [2.24, 2.45) is 0 Å². The van der Waals surface area contributed by atoms with E-state index in [4.69, 9.17) is 0 Å². The summed E-state index contributed by atoms with van der Waals surface area (Å²) in [5.41, 5.74) is 0. The fourth-order valence-electron chi connectivity index (χ4n) is 2.55. The van der Waals surface area contributed by atoms with Crippen molar-refractivity contribution in [2.75, 3.05) is 26.7 Å². The molecule has 0 bridgehead atoms. The van der Waals surface area contributed by atoms with Gasteiger partial charge < -0.3 is 17.0 Å². The lowest BCUT2D eigenvalue weighted by Gasteiger charge is -2.10. The molecule has 0 saturated heterocycles. The molecule has 0 aromatic carbocycles. The van der Waals surface area contributed by atoms with Crippen LogP contribution in [0.5, 0.6) is 0 Å². The van der Waals surface area contributed by atoms with Gasteiger partial charge in [0.05, 0.1) is 13.6 Å². The Morgan fingerprint density at radius 2 is 1.56 bits per heavy atom. The van der Waals surface area contributed by atoms with Gasteiger partial charge in [-0.1, -0.05) is 45.4 Å². The van der Waals surface area contributed by atoms with Crippen molar-refractivity contribution in [1.29, 1.82) is 0 Å². The Bertz CT molecular complexity index is 239. The molecule has 0 aromatic heterocycles. The monoisotopic (exact) mass is 318 g/mol. The largest absolute Gasteiger partial charge is 1.00 e. The van der Waals surface area contributed by atoms with Crippen molar-refractivity contribution in [3.05, 3.63) is 0 Å². The SMILES string of the molecule is CCCCCCCCCCN1CC[N+](C)=C1C.[Br-]. The first-order valence-electron chi connectivity index (χ1n) is 7.55. The van der Waals surface area contributed by atoms with Gasteiger partial charge in [-0.25, -0.2) is 0 Å². The standard InChI is InChI=1S/C15H31N2.BrH/c1-4-5-6-7-8-9-10-11-12-17-14-13-16(3)15(17)2;/h4-14H2,1-3H3;1H/q+1;/p-1. The van der Waals surface area contributed by atoms with Crippen molar-refractivity contribution >= 4 is 5.84 Å². The van der Waals surface area contributed by atoms with Crippen LogP contribution in [0.15, 0.2) is 0 Å². The van der Waals surface area contributed by atoms with Crippen molar-refractivity contribution in [3.8, 4) is 0 Å². The first kappa shape index (κ1) is 17.9. The van der Waals surface area contributed by atoms with Crippen LogP contribution in [0.3, 0.4) is 0 Å². The molecule has 3 heteroatoms. The molecule has 1 rings (SSSR count). The zero-order valence-electron chi connectivity index (χ0n) is 12.6. The molecule has 2 nitrogen and oxygen atoms in total. The molecule has 0 spiro atoms. The van der Waals surface area contributed by atoms with E-state index < -0.39 is 0 Å². The summed E-state index contributed by atoms with van der Waals surface area (Å²) in [6, 6.07) is 0. The molecule has 0 unspecified atom stereocenters. The van der Waals surface area contributed by atoms with Crippen LogP contribution < -0.4 is 17.0 Å². The number of hydrogen-bond acceptors (Lipinski definition) is 1. The number of nitrogens with zero attached hydrogens (tertiary/aromatic N) is 2. The number of unbranched alkanes of at least 4 members (excludes halogenated alkanes) is 7. The second-order valence-corrected chi connectivity index (χ2v) is 5.43. The smallest absolute Gasteiger partial charge is 0.243 e. The van der Waals surface area contributed by atoms with Gasteiger partial charge >= 0.3 is 0 Å². The fourth-order valence-corrected chi connectivity index (χ4v) is 2.55. The summed E-state index contributed by atoms with van der Waals surface area (Å²) in [6.45, 7) is 8.25. The molecule has 18 heavy (non-hydrogen) atoms.